The zero-order valence-electron chi connectivity index (χ0n) is 8.73. The Morgan fingerprint density at radius 3 is 2.88 bits per heavy atom. The van der Waals surface area contributed by atoms with Crippen LogP contribution in [-0.2, 0) is 0 Å². The fraction of sp³-hybridized carbons (Fsp3) is 0.0909. The summed E-state index contributed by atoms with van der Waals surface area (Å²) in [5.74, 6) is 0. The number of rotatable bonds is 1. The summed E-state index contributed by atoms with van der Waals surface area (Å²) in [6.07, 6.45) is 0. The molecule has 0 fully saturated rings. The molecule has 2 aromatic rings. The van der Waals surface area contributed by atoms with Gasteiger partial charge in [0.25, 0.3) is 0 Å². The average Bonchev–Trinajstić information content (AvgIpc) is 2.35. The molecule has 0 unspecified atom stereocenters. The van der Waals surface area contributed by atoms with Crippen molar-refractivity contribution in [3.05, 3.63) is 42.0 Å². The van der Waals surface area contributed by atoms with Gasteiger partial charge in [0.15, 0.2) is 5.11 Å². The van der Waals surface area contributed by atoms with Gasteiger partial charge < -0.3 is 9.73 Å². The molecular weight excluding hydrogens is 222 g/mol. The number of thiocarbonyl (C=S) groups is 1. The summed E-state index contributed by atoms with van der Waals surface area (Å²) >= 11 is 4.89. The number of fused-ring (bicyclic) bond motifs is 1. The van der Waals surface area contributed by atoms with E-state index in [4.69, 9.17) is 16.6 Å². The van der Waals surface area contributed by atoms with Gasteiger partial charge in [0, 0.05) is 18.5 Å². The van der Waals surface area contributed by atoms with Crippen LogP contribution >= 0.6 is 12.2 Å². The first-order chi connectivity index (χ1) is 7.79. The maximum absolute atomic E-state index is 5.54. The first kappa shape index (κ1) is 10.6. The molecule has 0 saturated heterocycles. The fourth-order valence-corrected chi connectivity index (χ4v) is 1.29. The third-order valence-electron chi connectivity index (χ3n) is 2.03. The van der Waals surface area contributed by atoms with Gasteiger partial charge >= 0.3 is 0 Å². The van der Waals surface area contributed by atoms with E-state index in [9.17, 15) is 0 Å². The number of hydrogen-bond donors (Lipinski definition) is 2. The lowest BCUT2D eigenvalue weighted by Gasteiger charge is -1.99. The zero-order chi connectivity index (χ0) is 11.4. The molecule has 0 aliphatic heterocycles. The van der Waals surface area contributed by atoms with Gasteiger partial charge in [-0.05, 0) is 24.4 Å². The minimum absolute atomic E-state index is 0.448. The van der Waals surface area contributed by atoms with E-state index in [0.717, 1.165) is 11.0 Å². The summed E-state index contributed by atoms with van der Waals surface area (Å²) < 4.78 is 5.54. The highest BCUT2D eigenvalue weighted by molar-refractivity contribution is 7.80. The van der Waals surface area contributed by atoms with Crippen LogP contribution in [0.25, 0.3) is 11.0 Å². The lowest BCUT2D eigenvalue weighted by atomic mass is 10.2. The van der Waals surface area contributed by atoms with Crippen molar-refractivity contribution in [2.24, 2.45) is 5.10 Å². The number of benzene rings is 1. The molecule has 0 aliphatic carbocycles. The van der Waals surface area contributed by atoms with E-state index in [1.807, 2.05) is 30.3 Å². The predicted molar refractivity (Wildman–Crippen MR) is 66.6 cm³/mol. The fourth-order valence-electron chi connectivity index (χ4n) is 1.24. The van der Waals surface area contributed by atoms with E-state index in [1.54, 1.807) is 13.1 Å². The van der Waals surface area contributed by atoms with Gasteiger partial charge in [-0.3, -0.25) is 5.43 Å². The lowest BCUT2D eigenvalue weighted by molar-refractivity contribution is 0.530. The van der Waals surface area contributed by atoms with Crippen LogP contribution in [0.3, 0.4) is 0 Å². The number of hydrogen-bond acceptors (Lipinski definition) is 3. The highest BCUT2D eigenvalue weighted by Crippen LogP contribution is 2.09. The molecule has 0 spiro atoms. The lowest BCUT2D eigenvalue weighted by Crippen LogP contribution is -2.30. The van der Waals surface area contributed by atoms with E-state index < -0.39 is 0 Å². The summed E-state index contributed by atoms with van der Waals surface area (Å²) in [5, 5.41) is 8.25. The number of para-hydroxylation sites is 1. The van der Waals surface area contributed by atoms with Crippen molar-refractivity contribution in [3.63, 3.8) is 0 Å². The van der Waals surface area contributed by atoms with Crippen LogP contribution in [0, 0.1) is 0 Å². The summed E-state index contributed by atoms with van der Waals surface area (Å²) in [4.78, 5) is 0. The van der Waals surface area contributed by atoms with E-state index in [-0.39, 0.29) is 0 Å². The second-order valence-electron chi connectivity index (χ2n) is 3.11. The molecule has 0 saturated carbocycles. The summed E-state index contributed by atoms with van der Waals surface area (Å²) in [7, 11) is 1.72. The maximum Gasteiger partial charge on any atom is 0.236 e. The first-order valence-corrected chi connectivity index (χ1v) is 5.21. The molecule has 4 nitrogen and oxygen atoms in total. The van der Waals surface area contributed by atoms with Crippen LogP contribution in [-0.4, -0.2) is 12.2 Å². The Kier molecular flexibility index (Phi) is 3.16. The zero-order valence-corrected chi connectivity index (χ0v) is 9.54. The van der Waals surface area contributed by atoms with Crippen molar-refractivity contribution in [2.45, 2.75) is 0 Å². The van der Waals surface area contributed by atoms with Gasteiger partial charge in [-0.1, -0.05) is 18.2 Å². The minimum Gasteiger partial charge on any atom is -0.437 e. The largest absolute Gasteiger partial charge is 0.437 e. The van der Waals surface area contributed by atoms with E-state index in [0.29, 0.717) is 10.7 Å². The molecular formula is C11H11N3OS. The molecule has 2 N–H and O–H groups in total. The molecule has 0 amide bonds. The molecule has 16 heavy (non-hydrogen) atoms. The average molecular weight is 233 g/mol. The van der Waals surface area contributed by atoms with Crippen molar-refractivity contribution >= 4 is 28.3 Å². The SMILES string of the molecule is CNC(=S)N/N=c1/ccc2ccccc2o1. The molecule has 0 aliphatic rings. The van der Waals surface area contributed by atoms with Crippen LogP contribution in [0.4, 0.5) is 0 Å². The minimum atomic E-state index is 0.448. The highest BCUT2D eigenvalue weighted by atomic mass is 32.1. The highest BCUT2D eigenvalue weighted by Gasteiger charge is 1.93. The molecule has 5 heteroatoms. The topological polar surface area (TPSA) is 49.6 Å². The van der Waals surface area contributed by atoms with Crippen molar-refractivity contribution < 1.29 is 4.42 Å². The monoisotopic (exact) mass is 233 g/mol. The van der Waals surface area contributed by atoms with Crippen molar-refractivity contribution in [2.75, 3.05) is 7.05 Å². The second kappa shape index (κ2) is 4.76. The Balaban J connectivity index is 2.35. The van der Waals surface area contributed by atoms with Crippen LogP contribution < -0.4 is 16.3 Å². The number of nitrogens with zero attached hydrogens (tertiary/aromatic N) is 1. The molecule has 2 rings (SSSR count). The predicted octanol–water partition coefficient (Wildman–Crippen LogP) is 1.34. The quantitative estimate of drug-likeness (QED) is 0.576. The van der Waals surface area contributed by atoms with Crippen LogP contribution in [0.1, 0.15) is 0 Å². The third-order valence-corrected chi connectivity index (χ3v) is 2.33. The van der Waals surface area contributed by atoms with Gasteiger partial charge in [-0.2, -0.15) is 0 Å². The summed E-state index contributed by atoms with van der Waals surface area (Å²) in [6.45, 7) is 0. The molecule has 0 atom stereocenters. The van der Waals surface area contributed by atoms with E-state index >= 15 is 0 Å². The molecule has 82 valence electrons. The van der Waals surface area contributed by atoms with Crippen LogP contribution in [0.15, 0.2) is 45.9 Å². The Hall–Kier alpha value is -1.88. The first-order valence-electron chi connectivity index (χ1n) is 4.80. The van der Waals surface area contributed by atoms with Gasteiger partial charge in [0.05, 0.1) is 0 Å². The molecule has 1 aromatic carbocycles. The van der Waals surface area contributed by atoms with Gasteiger partial charge in [0.1, 0.15) is 5.58 Å². The Labute approximate surface area is 98.0 Å². The number of nitrogens with one attached hydrogen (secondary N) is 2. The molecule has 1 heterocycles. The Morgan fingerprint density at radius 1 is 1.25 bits per heavy atom. The smallest absolute Gasteiger partial charge is 0.236 e. The van der Waals surface area contributed by atoms with Crippen LogP contribution in [0.2, 0.25) is 0 Å². The van der Waals surface area contributed by atoms with Crippen LogP contribution in [0.5, 0.6) is 0 Å². The Bertz CT molecular complexity index is 576. The van der Waals surface area contributed by atoms with Gasteiger partial charge in [0.2, 0.25) is 5.55 Å². The second-order valence-corrected chi connectivity index (χ2v) is 3.52. The summed E-state index contributed by atoms with van der Waals surface area (Å²) in [6, 6.07) is 11.5. The van der Waals surface area contributed by atoms with Gasteiger partial charge in [-0.15, -0.1) is 5.10 Å². The van der Waals surface area contributed by atoms with E-state index in [1.165, 1.54) is 0 Å². The van der Waals surface area contributed by atoms with Crippen molar-refractivity contribution in [1.82, 2.24) is 10.7 Å². The summed E-state index contributed by atoms with van der Waals surface area (Å²) in [5.41, 5.74) is 3.94. The maximum atomic E-state index is 5.54. The third kappa shape index (κ3) is 2.38. The standard InChI is InChI=1S/C11H11N3OS/c1-12-11(16)14-13-10-7-6-8-4-2-3-5-9(8)15-10/h2-7H,1H3,(H2,12,14,16)/b13-10-. The van der Waals surface area contributed by atoms with E-state index in [2.05, 4.69) is 15.8 Å². The van der Waals surface area contributed by atoms with Gasteiger partial charge in [-0.25, -0.2) is 0 Å². The van der Waals surface area contributed by atoms with Crippen molar-refractivity contribution in [3.8, 4) is 0 Å². The Morgan fingerprint density at radius 2 is 2.06 bits per heavy atom. The molecule has 0 radical (unpaired) electrons. The molecule has 1 aromatic heterocycles. The normalized spacial score (nSPS) is 11.4. The molecule has 0 bridgehead atoms. The van der Waals surface area contributed by atoms with Crippen molar-refractivity contribution in [1.29, 1.82) is 0 Å².